The molecule has 1 aromatic heterocycles. The Morgan fingerprint density at radius 2 is 1.67 bits per heavy atom. The molecular formula is C24H22N2O3S. The summed E-state index contributed by atoms with van der Waals surface area (Å²) in [6, 6.07) is 20.8. The van der Waals surface area contributed by atoms with Crippen molar-refractivity contribution in [1.29, 1.82) is 0 Å². The number of thiophene rings is 1. The van der Waals surface area contributed by atoms with Crippen molar-refractivity contribution in [2.45, 2.75) is 13.5 Å². The standard InChI is InChI=1S/C24H22N2O3S/c1-3-29-19-13-8-7-12-18(19)26-23(27)21(20-14-9-15-30-20)22(24(26)28)25(2)16-17-10-5-4-6-11-17/h4-15H,3,16H2,1-2H3. The van der Waals surface area contributed by atoms with Gasteiger partial charge < -0.3 is 9.64 Å². The van der Waals surface area contributed by atoms with Crippen LogP contribution < -0.4 is 9.64 Å². The van der Waals surface area contributed by atoms with Crippen molar-refractivity contribution in [2.75, 3.05) is 18.6 Å². The van der Waals surface area contributed by atoms with Crippen LogP contribution in [-0.4, -0.2) is 30.4 Å². The molecule has 5 nitrogen and oxygen atoms in total. The van der Waals surface area contributed by atoms with Crippen LogP contribution in [-0.2, 0) is 16.1 Å². The molecule has 0 saturated carbocycles. The number of anilines is 1. The van der Waals surface area contributed by atoms with E-state index in [0.717, 1.165) is 10.4 Å². The highest BCUT2D eigenvalue weighted by atomic mass is 32.1. The second kappa shape index (κ2) is 8.55. The molecule has 0 radical (unpaired) electrons. The molecule has 0 spiro atoms. The fraction of sp³-hybridized carbons (Fsp3) is 0.167. The Bertz CT molecular complexity index is 1090. The van der Waals surface area contributed by atoms with E-state index in [1.54, 1.807) is 18.2 Å². The number of rotatable bonds is 7. The zero-order valence-electron chi connectivity index (χ0n) is 16.9. The van der Waals surface area contributed by atoms with E-state index in [0.29, 0.717) is 35.9 Å². The summed E-state index contributed by atoms with van der Waals surface area (Å²) in [5.74, 6) is -0.155. The van der Waals surface area contributed by atoms with Crippen LogP contribution in [0.4, 0.5) is 5.69 Å². The number of likely N-dealkylation sites (N-methyl/N-ethyl adjacent to an activating group) is 1. The Hall–Kier alpha value is -3.38. The first-order valence-corrected chi connectivity index (χ1v) is 10.6. The number of hydrogen-bond acceptors (Lipinski definition) is 5. The lowest BCUT2D eigenvalue weighted by Crippen LogP contribution is -2.34. The summed E-state index contributed by atoms with van der Waals surface area (Å²) in [7, 11) is 1.85. The molecule has 3 aromatic rings. The third-order valence-electron chi connectivity index (χ3n) is 4.88. The van der Waals surface area contributed by atoms with E-state index in [9.17, 15) is 9.59 Å². The topological polar surface area (TPSA) is 49.9 Å². The number of benzene rings is 2. The average Bonchev–Trinajstić information content (AvgIpc) is 3.36. The Labute approximate surface area is 179 Å². The van der Waals surface area contributed by atoms with Gasteiger partial charge in [-0.1, -0.05) is 48.5 Å². The molecule has 0 unspecified atom stereocenters. The highest BCUT2D eigenvalue weighted by molar-refractivity contribution is 7.11. The Balaban J connectivity index is 1.78. The third-order valence-corrected chi connectivity index (χ3v) is 5.76. The molecule has 1 aliphatic heterocycles. The molecule has 152 valence electrons. The monoisotopic (exact) mass is 418 g/mol. The van der Waals surface area contributed by atoms with Crippen molar-refractivity contribution in [3.63, 3.8) is 0 Å². The van der Waals surface area contributed by atoms with Crippen molar-refractivity contribution < 1.29 is 14.3 Å². The number of carbonyl (C=O) groups is 2. The molecule has 2 aromatic carbocycles. The summed E-state index contributed by atoms with van der Waals surface area (Å²) in [6.45, 7) is 2.84. The smallest absolute Gasteiger partial charge is 0.282 e. The van der Waals surface area contributed by atoms with E-state index in [1.165, 1.54) is 16.2 Å². The lowest BCUT2D eigenvalue weighted by atomic mass is 10.1. The maximum absolute atomic E-state index is 13.6. The van der Waals surface area contributed by atoms with Gasteiger partial charge in [-0.25, -0.2) is 4.90 Å². The molecule has 0 saturated heterocycles. The Kier molecular flexibility index (Phi) is 5.68. The number of carbonyl (C=O) groups excluding carboxylic acids is 2. The van der Waals surface area contributed by atoms with Crippen LogP contribution in [0.1, 0.15) is 17.4 Å². The number of imide groups is 1. The van der Waals surface area contributed by atoms with Gasteiger partial charge in [-0.3, -0.25) is 9.59 Å². The number of ether oxygens (including phenoxy) is 1. The molecule has 1 aliphatic rings. The molecule has 30 heavy (non-hydrogen) atoms. The lowest BCUT2D eigenvalue weighted by Gasteiger charge is -2.22. The minimum absolute atomic E-state index is 0.329. The van der Waals surface area contributed by atoms with Gasteiger partial charge in [0.05, 0.1) is 17.9 Å². The molecule has 0 fully saturated rings. The van der Waals surface area contributed by atoms with Gasteiger partial charge in [-0.15, -0.1) is 11.3 Å². The van der Waals surface area contributed by atoms with E-state index < -0.39 is 0 Å². The second-order valence-corrected chi connectivity index (χ2v) is 7.84. The fourth-order valence-corrected chi connectivity index (χ4v) is 4.35. The summed E-state index contributed by atoms with van der Waals surface area (Å²) in [6.07, 6.45) is 0. The molecule has 2 heterocycles. The van der Waals surface area contributed by atoms with Crippen molar-refractivity contribution >= 4 is 34.4 Å². The highest BCUT2D eigenvalue weighted by Crippen LogP contribution is 2.39. The molecular weight excluding hydrogens is 396 g/mol. The molecule has 0 aliphatic carbocycles. The number of hydrogen-bond donors (Lipinski definition) is 0. The van der Waals surface area contributed by atoms with E-state index in [2.05, 4.69) is 0 Å². The zero-order chi connectivity index (χ0) is 21.1. The first-order chi connectivity index (χ1) is 14.6. The van der Waals surface area contributed by atoms with Gasteiger partial charge in [0.2, 0.25) is 0 Å². The molecule has 0 N–H and O–H groups in total. The van der Waals surface area contributed by atoms with E-state index in [4.69, 9.17) is 4.74 Å². The van der Waals surface area contributed by atoms with Gasteiger partial charge in [0, 0.05) is 18.5 Å². The Morgan fingerprint density at radius 3 is 2.37 bits per heavy atom. The Morgan fingerprint density at radius 1 is 0.933 bits per heavy atom. The summed E-state index contributed by atoms with van der Waals surface area (Å²) >= 11 is 1.45. The third kappa shape index (κ3) is 3.62. The number of nitrogens with zero attached hydrogens (tertiary/aromatic N) is 2. The largest absolute Gasteiger partial charge is 0.492 e. The van der Waals surface area contributed by atoms with Crippen LogP contribution in [0.2, 0.25) is 0 Å². The van der Waals surface area contributed by atoms with Gasteiger partial charge in [-0.2, -0.15) is 0 Å². The van der Waals surface area contributed by atoms with E-state index in [-0.39, 0.29) is 11.8 Å². The van der Waals surface area contributed by atoms with Crippen LogP contribution in [0.25, 0.3) is 5.57 Å². The van der Waals surface area contributed by atoms with Crippen LogP contribution in [0.3, 0.4) is 0 Å². The average molecular weight is 419 g/mol. The fourth-order valence-electron chi connectivity index (χ4n) is 3.59. The SMILES string of the molecule is CCOc1ccccc1N1C(=O)C(c2cccs2)=C(N(C)Cc2ccccc2)C1=O. The van der Waals surface area contributed by atoms with Crippen molar-refractivity contribution in [3.05, 3.63) is 88.2 Å². The first-order valence-electron chi connectivity index (χ1n) is 9.75. The lowest BCUT2D eigenvalue weighted by molar-refractivity contribution is -0.120. The quantitative estimate of drug-likeness (QED) is 0.528. The van der Waals surface area contributed by atoms with Crippen LogP contribution in [0.15, 0.2) is 77.8 Å². The van der Waals surface area contributed by atoms with Gasteiger partial charge in [0.1, 0.15) is 11.4 Å². The highest BCUT2D eigenvalue weighted by Gasteiger charge is 2.43. The zero-order valence-corrected chi connectivity index (χ0v) is 17.7. The maximum Gasteiger partial charge on any atom is 0.282 e. The maximum atomic E-state index is 13.6. The number of para-hydroxylation sites is 2. The van der Waals surface area contributed by atoms with Crippen molar-refractivity contribution in [2.24, 2.45) is 0 Å². The summed E-state index contributed by atoms with van der Waals surface area (Å²) in [5, 5.41) is 1.91. The molecule has 2 amide bonds. The summed E-state index contributed by atoms with van der Waals surface area (Å²) < 4.78 is 5.69. The van der Waals surface area contributed by atoms with E-state index >= 15 is 0 Å². The molecule has 4 rings (SSSR count). The second-order valence-electron chi connectivity index (χ2n) is 6.89. The van der Waals surface area contributed by atoms with Crippen LogP contribution in [0, 0.1) is 0 Å². The molecule has 6 heteroatoms. The van der Waals surface area contributed by atoms with Gasteiger partial charge >= 0.3 is 0 Å². The predicted molar refractivity (Wildman–Crippen MR) is 119 cm³/mol. The van der Waals surface area contributed by atoms with Crippen molar-refractivity contribution in [1.82, 2.24) is 4.90 Å². The summed E-state index contributed by atoms with van der Waals surface area (Å²) in [4.78, 5) is 30.9. The normalized spacial score (nSPS) is 13.9. The first kappa shape index (κ1) is 19.9. The van der Waals surface area contributed by atoms with Gasteiger partial charge in [-0.05, 0) is 36.1 Å². The van der Waals surface area contributed by atoms with Crippen molar-refractivity contribution in [3.8, 4) is 5.75 Å². The van der Waals surface area contributed by atoms with Gasteiger partial charge in [0.15, 0.2) is 0 Å². The van der Waals surface area contributed by atoms with Crippen LogP contribution >= 0.6 is 11.3 Å². The van der Waals surface area contributed by atoms with Crippen LogP contribution in [0.5, 0.6) is 5.75 Å². The number of amides is 2. The molecule has 0 atom stereocenters. The minimum Gasteiger partial charge on any atom is -0.492 e. The minimum atomic E-state index is -0.339. The predicted octanol–water partition coefficient (Wildman–Crippen LogP) is 4.56. The van der Waals surface area contributed by atoms with E-state index in [1.807, 2.05) is 72.8 Å². The summed E-state index contributed by atoms with van der Waals surface area (Å²) in [5.41, 5.74) is 2.36. The van der Waals surface area contributed by atoms with Gasteiger partial charge in [0.25, 0.3) is 11.8 Å². The molecule has 0 bridgehead atoms.